The van der Waals surface area contributed by atoms with Crippen LogP contribution in [-0.4, -0.2) is 20.9 Å². The Bertz CT molecular complexity index is 497. The van der Waals surface area contributed by atoms with Gasteiger partial charge in [-0.15, -0.1) is 0 Å². The van der Waals surface area contributed by atoms with Gasteiger partial charge >= 0.3 is 0 Å². The first-order chi connectivity index (χ1) is 7.77. The van der Waals surface area contributed by atoms with E-state index in [9.17, 15) is 4.39 Å². The third-order valence-electron chi connectivity index (χ3n) is 1.75. The fourth-order valence-corrected chi connectivity index (χ4v) is 1.07. The van der Waals surface area contributed by atoms with Crippen molar-refractivity contribution in [3.8, 4) is 0 Å². The fraction of sp³-hybridized carbons (Fsp3) is 0.0769. The molecule has 2 aromatic rings. The minimum absolute atomic E-state index is 0. The van der Waals surface area contributed by atoms with E-state index in [0.29, 0.717) is 11.0 Å². The lowest BCUT2D eigenvalue weighted by molar-refractivity contribution is 0.583. The molecule has 0 fully saturated rings. The molecule has 0 aliphatic rings. The smallest absolute Gasteiger partial charge is 0.231 e. The number of rotatable bonds is 1. The summed E-state index contributed by atoms with van der Waals surface area (Å²) in [6.07, 6.45) is 6.69. The zero-order chi connectivity index (χ0) is 11.8. The quantitative estimate of drug-likeness (QED) is 0.569. The molecule has 4 radical (unpaired) electrons. The van der Waals surface area contributed by atoms with Crippen LogP contribution in [-0.2, 0) is 0 Å². The van der Waals surface area contributed by atoms with Crippen molar-refractivity contribution in [3.63, 3.8) is 0 Å². The number of fused-ring (bicyclic) bond motifs is 1. The maximum Gasteiger partial charge on any atom is 0.231 e. The number of aromatic nitrogens is 2. The molecule has 1 aromatic heterocycles. The second-order valence-electron chi connectivity index (χ2n) is 2.94. The van der Waals surface area contributed by atoms with Gasteiger partial charge in [0.1, 0.15) is 0 Å². The van der Waals surface area contributed by atoms with Gasteiger partial charge in [-0.1, -0.05) is 36.9 Å². The summed E-state index contributed by atoms with van der Waals surface area (Å²) in [6, 6.07) is 7.17. The van der Waals surface area contributed by atoms with Crippen LogP contribution >= 0.6 is 0 Å². The Morgan fingerprint density at radius 1 is 1.24 bits per heavy atom. The van der Waals surface area contributed by atoms with Crippen molar-refractivity contribution in [3.05, 3.63) is 61.2 Å². The molecule has 2 nitrogen and oxygen atoms in total. The first-order valence-corrected chi connectivity index (χ1v) is 4.89. The number of hydrogen-bond donors (Lipinski definition) is 0. The highest BCUT2D eigenvalue weighted by atomic mass is 28.1. The first-order valence-electron chi connectivity index (χ1n) is 4.89. The highest BCUT2D eigenvalue weighted by Crippen LogP contribution is 2.06. The normalized spacial score (nSPS) is 9.29. The summed E-state index contributed by atoms with van der Waals surface area (Å²) in [5, 5.41) is 0. The van der Waals surface area contributed by atoms with E-state index in [1.807, 2.05) is 25.1 Å². The van der Waals surface area contributed by atoms with Crippen molar-refractivity contribution in [1.82, 2.24) is 9.97 Å². The molecule has 1 aromatic carbocycles. The topological polar surface area (TPSA) is 25.8 Å². The van der Waals surface area contributed by atoms with E-state index in [4.69, 9.17) is 0 Å². The lowest BCUT2D eigenvalue weighted by Gasteiger charge is -1.92. The fourth-order valence-electron chi connectivity index (χ4n) is 1.07. The van der Waals surface area contributed by atoms with Crippen LogP contribution < -0.4 is 0 Å². The van der Waals surface area contributed by atoms with Crippen molar-refractivity contribution >= 4 is 22.0 Å². The van der Waals surface area contributed by atoms with Crippen LogP contribution in [0.1, 0.15) is 6.92 Å². The molecule has 1 heterocycles. The summed E-state index contributed by atoms with van der Waals surface area (Å²) in [5.74, 6) is -0.538. The van der Waals surface area contributed by atoms with Crippen molar-refractivity contribution < 1.29 is 4.39 Å². The molecule has 86 valence electrons. The minimum atomic E-state index is -0.538. The van der Waals surface area contributed by atoms with Gasteiger partial charge in [-0.3, -0.25) is 0 Å². The van der Waals surface area contributed by atoms with Crippen LogP contribution in [0, 0.1) is 5.95 Å². The van der Waals surface area contributed by atoms with E-state index in [0.717, 1.165) is 6.20 Å². The van der Waals surface area contributed by atoms with Crippen LogP contribution in [0.3, 0.4) is 0 Å². The van der Waals surface area contributed by atoms with E-state index < -0.39 is 5.95 Å². The molecule has 0 aliphatic carbocycles. The molecule has 0 bridgehead atoms. The molecule has 0 saturated heterocycles. The van der Waals surface area contributed by atoms with Crippen LogP contribution in [0.15, 0.2) is 55.3 Å². The molecule has 0 spiro atoms. The second kappa shape index (κ2) is 8.35. The zero-order valence-electron chi connectivity index (χ0n) is 9.60. The van der Waals surface area contributed by atoms with Crippen LogP contribution in [0.25, 0.3) is 11.0 Å². The minimum Gasteiger partial charge on any atom is -0.250 e. The van der Waals surface area contributed by atoms with Crippen molar-refractivity contribution in [2.75, 3.05) is 0 Å². The Labute approximate surface area is 105 Å². The van der Waals surface area contributed by atoms with Gasteiger partial charge in [-0.25, -0.2) is 9.97 Å². The highest BCUT2D eigenvalue weighted by Gasteiger charge is 1.95. The lowest BCUT2D eigenvalue weighted by atomic mass is 10.3. The number of hydrogen-bond acceptors (Lipinski definition) is 2. The highest BCUT2D eigenvalue weighted by molar-refractivity contribution is 5.75. The summed E-state index contributed by atoms with van der Waals surface area (Å²) in [7, 11) is 0. The van der Waals surface area contributed by atoms with Crippen LogP contribution in [0.4, 0.5) is 4.39 Å². The van der Waals surface area contributed by atoms with Crippen LogP contribution in [0.2, 0.25) is 0 Å². The largest absolute Gasteiger partial charge is 0.250 e. The van der Waals surface area contributed by atoms with Gasteiger partial charge in [0.05, 0.1) is 17.2 Å². The molecule has 2 rings (SSSR count). The predicted octanol–water partition coefficient (Wildman–Crippen LogP) is 3.14. The van der Waals surface area contributed by atoms with Crippen LogP contribution in [0.5, 0.6) is 0 Å². The molecular formula is C13H13FN2Si. The third kappa shape index (κ3) is 5.17. The summed E-state index contributed by atoms with van der Waals surface area (Å²) in [6.45, 7) is 5.42. The summed E-state index contributed by atoms with van der Waals surface area (Å²) in [5.41, 5.74) is 1.31. The molecule has 0 amide bonds. The van der Waals surface area contributed by atoms with Gasteiger partial charge in [0.2, 0.25) is 5.95 Å². The number of benzene rings is 1. The third-order valence-corrected chi connectivity index (χ3v) is 1.75. The number of para-hydroxylation sites is 2. The van der Waals surface area contributed by atoms with E-state index >= 15 is 0 Å². The number of allylic oxidation sites excluding steroid dienone is 3. The van der Waals surface area contributed by atoms with Gasteiger partial charge < -0.3 is 0 Å². The zero-order valence-corrected chi connectivity index (χ0v) is 10.6. The van der Waals surface area contributed by atoms with Crippen molar-refractivity contribution in [2.24, 2.45) is 0 Å². The lowest BCUT2D eigenvalue weighted by Crippen LogP contribution is -1.86. The Hall–Kier alpha value is -1.81. The van der Waals surface area contributed by atoms with E-state index in [1.54, 1.807) is 24.3 Å². The first kappa shape index (κ1) is 15.2. The number of halogens is 1. The summed E-state index contributed by atoms with van der Waals surface area (Å²) >= 11 is 0. The standard InChI is InChI=1S/C8H5FN2.C5H8.Si/c9-8-5-10-6-3-1-2-4-7(6)11-8;1-3-5-4-2;/h1-5H;3-5H,1H2,2H3;. The molecule has 17 heavy (non-hydrogen) atoms. The average Bonchev–Trinajstić information content (AvgIpc) is 2.31. The Morgan fingerprint density at radius 2 is 1.88 bits per heavy atom. The van der Waals surface area contributed by atoms with E-state index in [1.165, 1.54) is 0 Å². The van der Waals surface area contributed by atoms with E-state index in [-0.39, 0.29) is 11.0 Å². The SMILES string of the molecule is C=CC=CC.Fc1cnc2ccccc2n1.[Si]. The molecule has 4 heteroatoms. The molecule has 0 unspecified atom stereocenters. The summed E-state index contributed by atoms with van der Waals surface area (Å²) in [4.78, 5) is 7.49. The van der Waals surface area contributed by atoms with Crippen molar-refractivity contribution in [1.29, 1.82) is 0 Å². The molecule has 0 aliphatic heterocycles. The van der Waals surface area contributed by atoms with Gasteiger partial charge in [0.15, 0.2) is 0 Å². The Kier molecular flexibility index (Phi) is 7.46. The van der Waals surface area contributed by atoms with E-state index in [2.05, 4.69) is 16.5 Å². The second-order valence-corrected chi connectivity index (χ2v) is 2.94. The molecule has 0 saturated carbocycles. The van der Waals surface area contributed by atoms with Gasteiger partial charge in [0, 0.05) is 11.0 Å². The molecule has 0 N–H and O–H groups in total. The maximum atomic E-state index is 12.5. The average molecular weight is 244 g/mol. The van der Waals surface area contributed by atoms with Gasteiger partial charge in [-0.2, -0.15) is 4.39 Å². The molecular weight excluding hydrogens is 231 g/mol. The van der Waals surface area contributed by atoms with Crippen molar-refractivity contribution in [2.45, 2.75) is 6.92 Å². The summed E-state index contributed by atoms with van der Waals surface area (Å²) < 4.78 is 12.5. The van der Waals surface area contributed by atoms with Gasteiger partial charge in [-0.05, 0) is 19.1 Å². The molecule has 0 atom stereocenters. The Balaban J connectivity index is 0.000000373. The van der Waals surface area contributed by atoms with Gasteiger partial charge in [0.25, 0.3) is 0 Å². The predicted molar refractivity (Wildman–Crippen MR) is 70.3 cm³/mol. The maximum absolute atomic E-state index is 12.5. The monoisotopic (exact) mass is 244 g/mol. The Morgan fingerprint density at radius 3 is 2.41 bits per heavy atom. The number of nitrogens with zero attached hydrogens (tertiary/aromatic N) is 2.